The van der Waals surface area contributed by atoms with Gasteiger partial charge in [-0.05, 0) is 30.9 Å². The first kappa shape index (κ1) is 14.9. The zero-order chi connectivity index (χ0) is 15.9. The van der Waals surface area contributed by atoms with Crippen molar-refractivity contribution < 1.29 is 13.6 Å². The molecule has 1 aromatic heterocycles. The topological polar surface area (TPSA) is 57.0 Å². The maximum absolute atomic E-state index is 14.1. The van der Waals surface area contributed by atoms with E-state index in [9.17, 15) is 13.6 Å². The van der Waals surface area contributed by atoms with Crippen LogP contribution in [0.2, 0.25) is 0 Å². The van der Waals surface area contributed by atoms with Crippen LogP contribution in [0.5, 0.6) is 0 Å². The molecule has 2 fully saturated rings. The van der Waals surface area contributed by atoms with Gasteiger partial charge < -0.3 is 4.90 Å². The van der Waals surface area contributed by atoms with Crippen LogP contribution in [0.3, 0.4) is 0 Å². The van der Waals surface area contributed by atoms with Gasteiger partial charge in [0.2, 0.25) is 5.91 Å². The molecule has 2 saturated heterocycles. The maximum atomic E-state index is 14.1. The summed E-state index contributed by atoms with van der Waals surface area (Å²) in [5, 5.41) is 8.97. The third-order valence-corrected chi connectivity index (χ3v) is 4.75. The van der Waals surface area contributed by atoms with Crippen LogP contribution in [-0.4, -0.2) is 27.8 Å². The van der Waals surface area contributed by atoms with E-state index in [-0.39, 0.29) is 18.9 Å². The van der Waals surface area contributed by atoms with E-state index in [1.807, 2.05) is 6.07 Å². The molecule has 3 rings (SSSR count). The molecular formula is C16H17F2N3O. The SMILES string of the molecule is CCC1C(=O)N2[C@H](CC[C@H]2c2cncc(C#N)c2)CC1(F)F. The normalized spacial score (nSPS) is 30.0. The molecule has 1 unspecified atom stereocenters. The van der Waals surface area contributed by atoms with E-state index in [4.69, 9.17) is 5.26 Å². The van der Waals surface area contributed by atoms with Crippen molar-refractivity contribution in [1.29, 1.82) is 5.26 Å². The fraction of sp³-hybridized carbons (Fsp3) is 0.562. The quantitative estimate of drug-likeness (QED) is 0.844. The van der Waals surface area contributed by atoms with Gasteiger partial charge in [-0.25, -0.2) is 8.78 Å². The molecule has 2 aliphatic rings. The van der Waals surface area contributed by atoms with Crippen molar-refractivity contribution in [1.82, 2.24) is 9.88 Å². The average Bonchev–Trinajstić information content (AvgIpc) is 2.90. The second kappa shape index (κ2) is 5.31. The van der Waals surface area contributed by atoms with Gasteiger partial charge in [0, 0.05) is 24.9 Å². The van der Waals surface area contributed by atoms with Gasteiger partial charge in [-0.3, -0.25) is 9.78 Å². The van der Waals surface area contributed by atoms with Crippen molar-refractivity contribution in [3.8, 4) is 6.07 Å². The molecule has 4 nitrogen and oxygen atoms in total. The standard InChI is InChI=1S/C16H17F2N3O/c1-2-13-15(22)21-12(6-16(13,17)18)3-4-14(21)11-5-10(7-19)8-20-9-11/h5,8-9,12-14H,2-4,6H2,1H3/t12-,13?,14+/m1/s1. The lowest BCUT2D eigenvalue weighted by molar-refractivity contribution is -0.170. The van der Waals surface area contributed by atoms with Crippen LogP contribution in [0.25, 0.3) is 0 Å². The first-order valence-corrected chi connectivity index (χ1v) is 7.53. The number of hydrogen-bond acceptors (Lipinski definition) is 3. The van der Waals surface area contributed by atoms with E-state index < -0.39 is 23.8 Å². The molecule has 0 aromatic carbocycles. The van der Waals surface area contributed by atoms with Gasteiger partial charge in [-0.15, -0.1) is 0 Å². The van der Waals surface area contributed by atoms with Crippen LogP contribution in [0, 0.1) is 17.2 Å². The molecule has 3 atom stereocenters. The molecule has 0 bridgehead atoms. The molecule has 0 radical (unpaired) electrons. The Bertz CT molecular complexity index is 641. The lowest BCUT2D eigenvalue weighted by Crippen LogP contribution is -2.54. The summed E-state index contributed by atoms with van der Waals surface area (Å²) in [7, 11) is 0. The van der Waals surface area contributed by atoms with Crippen LogP contribution in [0.15, 0.2) is 18.5 Å². The number of piperidine rings is 1. The Labute approximate surface area is 127 Å². The van der Waals surface area contributed by atoms with E-state index in [2.05, 4.69) is 4.98 Å². The van der Waals surface area contributed by atoms with Crippen molar-refractivity contribution in [2.45, 2.75) is 50.6 Å². The second-order valence-corrected chi connectivity index (χ2v) is 6.04. The molecule has 0 saturated carbocycles. The Hall–Kier alpha value is -2.03. The summed E-state index contributed by atoms with van der Waals surface area (Å²) in [4.78, 5) is 18.2. The minimum atomic E-state index is -2.92. The highest BCUT2D eigenvalue weighted by molar-refractivity contribution is 5.82. The Morgan fingerprint density at radius 1 is 1.45 bits per heavy atom. The number of aromatic nitrogens is 1. The Kier molecular flexibility index (Phi) is 3.59. The van der Waals surface area contributed by atoms with Gasteiger partial charge in [0.15, 0.2) is 0 Å². The lowest BCUT2D eigenvalue weighted by atomic mass is 9.86. The van der Waals surface area contributed by atoms with E-state index >= 15 is 0 Å². The van der Waals surface area contributed by atoms with Crippen molar-refractivity contribution in [3.05, 3.63) is 29.6 Å². The number of nitrogens with zero attached hydrogens (tertiary/aromatic N) is 3. The molecule has 3 heterocycles. The number of alkyl halides is 2. The number of halogens is 2. The van der Waals surface area contributed by atoms with Crippen molar-refractivity contribution in [2.24, 2.45) is 5.92 Å². The lowest BCUT2D eigenvalue weighted by Gasteiger charge is -2.42. The minimum absolute atomic E-state index is 0.137. The molecule has 0 aliphatic carbocycles. The van der Waals surface area contributed by atoms with Crippen molar-refractivity contribution in [2.75, 3.05) is 0 Å². The molecule has 1 aromatic rings. The molecule has 2 aliphatic heterocycles. The third kappa shape index (κ3) is 2.25. The molecule has 1 amide bonds. The number of nitriles is 1. The highest BCUT2D eigenvalue weighted by Gasteiger charge is 2.55. The van der Waals surface area contributed by atoms with Crippen molar-refractivity contribution >= 4 is 5.91 Å². The van der Waals surface area contributed by atoms with E-state index in [1.54, 1.807) is 24.1 Å². The Morgan fingerprint density at radius 3 is 2.91 bits per heavy atom. The van der Waals surface area contributed by atoms with E-state index in [1.165, 1.54) is 6.20 Å². The number of amides is 1. The predicted molar refractivity (Wildman–Crippen MR) is 74.9 cm³/mol. The highest BCUT2D eigenvalue weighted by atomic mass is 19.3. The summed E-state index contributed by atoms with van der Waals surface area (Å²) in [6.07, 6.45) is 4.15. The molecule has 0 N–H and O–H groups in total. The number of carbonyl (C=O) groups is 1. The predicted octanol–water partition coefficient (Wildman–Crippen LogP) is 3.05. The Balaban J connectivity index is 1.94. The monoisotopic (exact) mass is 305 g/mol. The first-order valence-electron chi connectivity index (χ1n) is 7.53. The van der Waals surface area contributed by atoms with Crippen LogP contribution in [0.1, 0.15) is 49.8 Å². The van der Waals surface area contributed by atoms with Crippen LogP contribution in [0.4, 0.5) is 8.78 Å². The second-order valence-electron chi connectivity index (χ2n) is 6.04. The summed E-state index contributed by atoms with van der Waals surface area (Å²) in [5.74, 6) is -4.63. The van der Waals surface area contributed by atoms with E-state index in [0.717, 1.165) is 5.56 Å². The average molecular weight is 305 g/mol. The fourth-order valence-corrected chi connectivity index (χ4v) is 3.74. The molecule has 6 heteroatoms. The summed E-state index contributed by atoms with van der Waals surface area (Å²) in [6, 6.07) is 3.05. The Morgan fingerprint density at radius 2 is 2.23 bits per heavy atom. The molecule has 116 valence electrons. The number of pyridine rings is 1. The fourth-order valence-electron chi connectivity index (χ4n) is 3.74. The summed E-state index contributed by atoms with van der Waals surface area (Å²) in [5.41, 5.74) is 1.18. The molecule has 0 spiro atoms. The van der Waals surface area contributed by atoms with Gasteiger partial charge in [0.1, 0.15) is 12.0 Å². The largest absolute Gasteiger partial charge is 0.332 e. The summed E-state index contributed by atoms with van der Waals surface area (Å²) >= 11 is 0. The maximum Gasteiger partial charge on any atom is 0.261 e. The smallest absolute Gasteiger partial charge is 0.261 e. The number of carbonyl (C=O) groups excluding carboxylic acids is 1. The summed E-state index contributed by atoms with van der Waals surface area (Å²) in [6.45, 7) is 1.62. The van der Waals surface area contributed by atoms with Crippen LogP contribution in [-0.2, 0) is 4.79 Å². The molecular weight excluding hydrogens is 288 g/mol. The molecule has 22 heavy (non-hydrogen) atoms. The van der Waals surface area contributed by atoms with Crippen molar-refractivity contribution in [3.63, 3.8) is 0 Å². The third-order valence-electron chi connectivity index (χ3n) is 4.75. The van der Waals surface area contributed by atoms with Gasteiger partial charge in [0.05, 0.1) is 11.6 Å². The van der Waals surface area contributed by atoms with E-state index in [0.29, 0.717) is 18.4 Å². The first-order chi connectivity index (χ1) is 10.5. The number of fused-ring (bicyclic) bond motifs is 1. The minimum Gasteiger partial charge on any atom is -0.332 e. The zero-order valence-corrected chi connectivity index (χ0v) is 12.3. The van der Waals surface area contributed by atoms with Gasteiger partial charge in [0.25, 0.3) is 5.92 Å². The van der Waals surface area contributed by atoms with Gasteiger partial charge in [-0.1, -0.05) is 6.92 Å². The highest BCUT2D eigenvalue weighted by Crippen LogP contribution is 2.48. The van der Waals surface area contributed by atoms with Gasteiger partial charge >= 0.3 is 0 Å². The summed E-state index contributed by atoms with van der Waals surface area (Å²) < 4.78 is 28.2. The number of hydrogen-bond donors (Lipinski definition) is 0. The number of rotatable bonds is 2. The van der Waals surface area contributed by atoms with Gasteiger partial charge in [-0.2, -0.15) is 5.26 Å². The van der Waals surface area contributed by atoms with Crippen LogP contribution >= 0.6 is 0 Å². The zero-order valence-electron chi connectivity index (χ0n) is 12.3. The van der Waals surface area contributed by atoms with Crippen LogP contribution < -0.4 is 0 Å².